The molecule has 3 amide bonds. The molecule has 0 spiro atoms. The largest absolute Gasteiger partial charge is 0.444 e. The summed E-state index contributed by atoms with van der Waals surface area (Å²) in [6.07, 6.45) is 3.86. The summed E-state index contributed by atoms with van der Waals surface area (Å²) in [5.74, 6) is 0. The Morgan fingerprint density at radius 1 is 0.604 bits per heavy atom. The van der Waals surface area contributed by atoms with Crippen LogP contribution in [-0.2, 0) is 46.9 Å². The molecule has 0 aliphatic heterocycles. The van der Waals surface area contributed by atoms with Crippen molar-refractivity contribution in [2.45, 2.75) is 44.7 Å². The zero-order chi connectivity index (χ0) is 33.4. The molecule has 250 valence electrons. The first-order valence-corrected chi connectivity index (χ1v) is 17.6. The Hall–Kier alpha value is -4.86. The van der Waals surface area contributed by atoms with Gasteiger partial charge >= 0.3 is 18.3 Å². The Morgan fingerprint density at radius 2 is 1.00 bits per heavy atom. The fraction of sp³-hybridized carbons (Fsp3) is 0.273. The monoisotopic (exact) mass is 706 g/mol. The summed E-state index contributed by atoms with van der Waals surface area (Å²) in [4.78, 5) is 55.7. The number of nitrogens with zero attached hydrogens (tertiary/aromatic N) is 4. The van der Waals surface area contributed by atoms with Gasteiger partial charge in [0.2, 0.25) is 0 Å². The van der Waals surface area contributed by atoms with Crippen molar-refractivity contribution < 1.29 is 28.6 Å². The van der Waals surface area contributed by atoms with Crippen molar-refractivity contribution in [3.8, 4) is 0 Å². The first kappa shape index (κ1) is 34.5. The molecule has 0 bridgehead atoms. The lowest BCUT2D eigenvalue weighted by molar-refractivity contribution is 0.0851. The Balaban J connectivity index is 1.34. The van der Waals surface area contributed by atoms with E-state index in [-0.39, 0.29) is 32.9 Å². The molecule has 2 aromatic carbocycles. The van der Waals surface area contributed by atoms with Crippen molar-refractivity contribution in [2.24, 2.45) is 0 Å². The molecule has 2 atom stereocenters. The van der Waals surface area contributed by atoms with Gasteiger partial charge in [-0.2, -0.15) is 0 Å². The lowest BCUT2D eigenvalue weighted by atomic mass is 10.0. The molecule has 12 nitrogen and oxygen atoms in total. The number of hydrogen-bond acceptors (Lipinski definition) is 12. The summed E-state index contributed by atoms with van der Waals surface area (Å²) >= 11 is 4.14. The molecule has 3 heterocycles. The summed E-state index contributed by atoms with van der Waals surface area (Å²) in [7, 11) is 0. The van der Waals surface area contributed by atoms with Crippen LogP contribution in [0.5, 0.6) is 0 Å². The van der Waals surface area contributed by atoms with Crippen LogP contribution in [0.25, 0.3) is 0 Å². The summed E-state index contributed by atoms with van der Waals surface area (Å²) in [6, 6.07) is 18.1. The smallest absolute Gasteiger partial charge is 0.410 e. The Kier molecular flexibility index (Phi) is 13.3. The number of rotatable bonds is 16. The molecule has 5 rings (SSSR count). The van der Waals surface area contributed by atoms with E-state index in [0.29, 0.717) is 12.8 Å². The highest BCUT2D eigenvalue weighted by molar-refractivity contribution is 7.10. The number of alkyl carbamates (subject to hydrolysis) is 2. The van der Waals surface area contributed by atoms with Gasteiger partial charge in [-0.1, -0.05) is 60.7 Å². The van der Waals surface area contributed by atoms with Gasteiger partial charge in [-0.15, -0.1) is 34.0 Å². The fourth-order valence-electron chi connectivity index (χ4n) is 4.73. The number of hydrogen-bond donors (Lipinski definition) is 2. The van der Waals surface area contributed by atoms with Gasteiger partial charge in [0.25, 0.3) is 0 Å². The summed E-state index contributed by atoms with van der Waals surface area (Å²) in [6.45, 7) is 0.301. The van der Waals surface area contributed by atoms with Crippen LogP contribution in [0.2, 0.25) is 0 Å². The zero-order valence-electron chi connectivity index (χ0n) is 25.8. The minimum Gasteiger partial charge on any atom is -0.444 e. The Bertz CT molecular complexity index is 1560. The maximum Gasteiger partial charge on any atom is 0.410 e. The Morgan fingerprint density at radius 3 is 1.38 bits per heavy atom. The number of thiazole rings is 3. The molecule has 0 aliphatic carbocycles. The van der Waals surface area contributed by atoms with Gasteiger partial charge in [-0.3, -0.25) is 15.0 Å². The molecule has 15 heteroatoms. The molecule has 48 heavy (non-hydrogen) atoms. The highest BCUT2D eigenvalue weighted by Gasteiger charge is 2.27. The van der Waals surface area contributed by atoms with Crippen LogP contribution in [0.3, 0.4) is 0 Å². The number of carbonyl (C=O) groups is 3. The minimum atomic E-state index is -0.632. The first-order valence-electron chi connectivity index (χ1n) is 15.0. The second-order valence-corrected chi connectivity index (χ2v) is 13.5. The molecular formula is C33H34N6O6S3. The number of ether oxygens (including phenoxy) is 3. The number of benzene rings is 2. The SMILES string of the molecule is O=C(N[C@@H](Cc1ccccc1)CN(C[C@H](Cc1ccccc1)NC(=O)OCc1cncs1)C(=O)OCc1cncs1)OCc1cncs1. The second-order valence-electron chi connectivity index (χ2n) is 10.6. The van der Waals surface area contributed by atoms with Crippen molar-refractivity contribution in [1.29, 1.82) is 0 Å². The van der Waals surface area contributed by atoms with E-state index in [1.54, 1.807) is 35.1 Å². The summed E-state index contributed by atoms with van der Waals surface area (Å²) in [5, 5.41) is 5.86. The van der Waals surface area contributed by atoms with E-state index in [9.17, 15) is 14.4 Å². The standard InChI is InChI=1S/C33H34N6O6S3/c40-31(43-18-28-13-34-21-46-28)37-26(11-24-7-3-1-4-8-24)16-39(33(42)45-20-30-15-36-23-48-30)17-27(12-25-9-5-2-6-10-25)38-32(41)44-19-29-14-35-22-47-29/h1-10,13-15,21-23,26-27H,11-12,16-20H2,(H,37,40)(H,38,41)/t26-,27-/m0/s1. The van der Waals surface area contributed by atoms with Crippen molar-refractivity contribution in [1.82, 2.24) is 30.5 Å². The molecule has 2 N–H and O–H groups in total. The van der Waals surface area contributed by atoms with Gasteiger partial charge in [0, 0.05) is 31.7 Å². The average Bonchev–Trinajstić information content (AvgIpc) is 3.91. The van der Waals surface area contributed by atoms with E-state index in [0.717, 1.165) is 25.8 Å². The molecule has 0 saturated heterocycles. The van der Waals surface area contributed by atoms with Crippen molar-refractivity contribution in [3.05, 3.63) is 122 Å². The van der Waals surface area contributed by atoms with Gasteiger partial charge in [0.15, 0.2) is 0 Å². The quantitative estimate of drug-likeness (QED) is 0.117. The Labute approximate surface area is 289 Å². The predicted octanol–water partition coefficient (Wildman–Crippen LogP) is 6.07. The summed E-state index contributed by atoms with van der Waals surface area (Å²) in [5.41, 5.74) is 6.90. The second kappa shape index (κ2) is 18.5. The average molecular weight is 707 g/mol. The number of nitrogens with one attached hydrogen (secondary N) is 2. The lowest BCUT2D eigenvalue weighted by Gasteiger charge is -2.31. The topological polar surface area (TPSA) is 145 Å². The maximum absolute atomic E-state index is 13.7. The van der Waals surface area contributed by atoms with Crippen molar-refractivity contribution in [3.63, 3.8) is 0 Å². The highest BCUT2D eigenvalue weighted by atomic mass is 32.1. The van der Waals surface area contributed by atoms with Crippen LogP contribution in [0.4, 0.5) is 14.4 Å². The molecule has 0 radical (unpaired) electrons. The molecule has 3 aromatic heterocycles. The zero-order valence-corrected chi connectivity index (χ0v) is 28.3. The molecule has 5 aromatic rings. The molecule has 0 fully saturated rings. The van der Waals surface area contributed by atoms with Crippen LogP contribution in [0, 0.1) is 0 Å². The molecular weight excluding hydrogens is 673 g/mol. The highest BCUT2D eigenvalue weighted by Crippen LogP contribution is 2.14. The predicted molar refractivity (Wildman–Crippen MR) is 183 cm³/mol. The normalized spacial score (nSPS) is 12.0. The van der Waals surface area contributed by atoms with Gasteiger partial charge in [0.05, 0.1) is 43.2 Å². The lowest BCUT2D eigenvalue weighted by Crippen LogP contribution is -2.52. The van der Waals surface area contributed by atoms with Crippen LogP contribution in [0.1, 0.15) is 25.8 Å². The van der Waals surface area contributed by atoms with E-state index in [1.165, 1.54) is 38.9 Å². The van der Waals surface area contributed by atoms with Crippen LogP contribution < -0.4 is 10.6 Å². The van der Waals surface area contributed by atoms with Gasteiger partial charge in [0.1, 0.15) is 19.8 Å². The molecule has 0 saturated carbocycles. The van der Waals surface area contributed by atoms with Crippen LogP contribution >= 0.6 is 34.0 Å². The minimum absolute atomic E-state index is 0.0291. The van der Waals surface area contributed by atoms with E-state index >= 15 is 0 Å². The van der Waals surface area contributed by atoms with Gasteiger partial charge in [-0.25, -0.2) is 14.4 Å². The molecule has 0 aliphatic rings. The van der Waals surface area contributed by atoms with Crippen LogP contribution in [-0.4, -0.2) is 63.3 Å². The number of amides is 3. The third-order valence-corrected chi connectivity index (χ3v) is 9.17. The summed E-state index contributed by atoms with van der Waals surface area (Å²) < 4.78 is 16.6. The van der Waals surface area contributed by atoms with Crippen molar-refractivity contribution >= 4 is 52.3 Å². The van der Waals surface area contributed by atoms with Gasteiger partial charge < -0.3 is 29.7 Å². The number of carbonyl (C=O) groups excluding carboxylic acids is 3. The van der Waals surface area contributed by atoms with Crippen LogP contribution in [0.15, 0.2) is 95.8 Å². The fourth-order valence-corrected chi connectivity index (χ4v) is 6.25. The molecule has 0 unspecified atom stereocenters. The number of aromatic nitrogens is 3. The van der Waals surface area contributed by atoms with E-state index in [1.807, 2.05) is 60.7 Å². The first-order chi connectivity index (χ1) is 23.5. The van der Waals surface area contributed by atoms with Crippen molar-refractivity contribution in [2.75, 3.05) is 13.1 Å². The third-order valence-electron chi connectivity index (χ3n) is 6.91. The van der Waals surface area contributed by atoms with E-state index < -0.39 is 30.4 Å². The van der Waals surface area contributed by atoms with E-state index in [4.69, 9.17) is 14.2 Å². The van der Waals surface area contributed by atoms with Gasteiger partial charge in [-0.05, 0) is 24.0 Å². The van der Waals surface area contributed by atoms with E-state index in [2.05, 4.69) is 25.6 Å². The maximum atomic E-state index is 13.7. The third kappa shape index (κ3) is 11.7.